The standard InChI is InChI=1S/C20H30N4O2.HI/c1-2-21-20(23-12-11-22-19(25)16-9-10-16)24-13-17-5-3-4-6-18(17)26-14-15-7-8-15;/h3-6,15-16H,2,7-14H2,1H3,(H,22,25)(H2,21,23,24);1H. The van der Waals surface area contributed by atoms with Crippen molar-refractivity contribution in [3.05, 3.63) is 29.8 Å². The Labute approximate surface area is 178 Å². The summed E-state index contributed by atoms with van der Waals surface area (Å²) in [6.07, 6.45) is 4.63. The number of ether oxygens (including phenoxy) is 1. The van der Waals surface area contributed by atoms with Crippen LogP contribution in [0, 0.1) is 11.8 Å². The number of guanidine groups is 1. The average Bonchev–Trinajstić information content (AvgIpc) is 3.55. The summed E-state index contributed by atoms with van der Waals surface area (Å²) in [5, 5.41) is 9.46. The molecule has 27 heavy (non-hydrogen) atoms. The molecule has 1 aromatic rings. The van der Waals surface area contributed by atoms with Crippen LogP contribution in [0.3, 0.4) is 0 Å². The van der Waals surface area contributed by atoms with E-state index in [1.54, 1.807) is 0 Å². The number of rotatable bonds is 10. The molecule has 150 valence electrons. The van der Waals surface area contributed by atoms with Gasteiger partial charge in [-0.05, 0) is 44.6 Å². The van der Waals surface area contributed by atoms with Gasteiger partial charge in [-0.1, -0.05) is 18.2 Å². The highest BCUT2D eigenvalue weighted by Crippen LogP contribution is 2.30. The zero-order chi connectivity index (χ0) is 18.2. The van der Waals surface area contributed by atoms with Crippen molar-refractivity contribution in [2.75, 3.05) is 26.2 Å². The minimum atomic E-state index is 0. The smallest absolute Gasteiger partial charge is 0.223 e. The second-order valence-electron chi connectivity index (χ2n) is 7.05. The summed E-state index contributed by atoms with van der Waals surface area (Å²) in [6, 6.07) is 8.09. The molecular formula is C20H31IN4O2. The van der Waals surface area contributed by atoms with Gasteiger partial charge in [0.15, 0.2) is 5.96 Å². The van der Waals surface area contributed by atoms with E-state index in [1.807, 2.05) is 25.1 Å². The van der Waals surface area contributed by atoms with Crippen LogP contribution in [-0.2, 0) is 11.3 Å². The van der Waals surface area contributed by atoms with Crippen LogP contribution < -0.4 is 20.7 Å². The van der Waals surface area contributed by atoms with Crippen molar-refractivity contribution in [3.63, 3.8) is 0 Å². The van der Waals surface area contributed by atoms with Gasteiger partial charge in [0.05, 0.1) is 13.2 Å². The van der Waals surface area contributed by atoms with Crippen molar-refractivity contribution in [2.24, 2.45) is 16.8 Å². The second-order valence-corrected chi connectivity index (χ2v) is 7.05. The van der Waals surface area contributed by atoms with E-state index in [4.69, 9.17) is 4.74 Å². The Kier molecular flexibility index (Phi) is 9.17. The van der Waals surface area contributed by atoms with Gasteiger partial charge in [0.1, 0.15) is 5.75 Å². The maximum atomic E-state index is 11.6. The van der Waals surface area contributed by atoms with Crippen molar-refractivity contribution < 1.29 is 9.53 Å². The van der Waals surface area contributed by atoms with Gasteiger partial charge in [-0.2, -0.15) is 0 Å². The number of hydrogen-bond donors (Lipinski definition) is 3. The molecular weight excluding hydrogens is 455 g/mol. The molecule has 0 spiro atoms. The van der Waals surface area contributed by atoms with Crippen LogP contribution in [0.25, 0.3) is 0 Å². The molecule has 0 aromatic heterocycles. The van der Waals surface area contributed by atoms with Crippen LogP contribution in [0.5, 0.6) is 5.75 Å². The van der Waals surface area contributed by atoms with E-state index in [0.717, 1.165) is 49.2 Å². The van der Waals surface area contributed by atoms with Crippen molar-refractivity contribution in [2.45, 2.75) is 39.2 Å². The molecule has 7 heteroatoms. The number of para-hydroxylation sites is 1. The minimum absolute atomic E-state index is 0. The molecule has 0 bridgehead atoms. The van der Waals surface area contributed by atoms with Gasteiger partial charge in [-0.15, -0.1) is 24.0 Å². The number of hydrogen-bond acceptors (Lipinski definition) is 3. The first-order valence-electron chi connectivity index (χ1n) is 9.77. The third kappa shape index (κ3) is 7.94. The van der Waals surface area contributed by atoms with E-state index in [-0.39, 0.29) is 35.8 Å². The lowest BCUT2D eigenvalue weighted by atomic mass is 10.2. The molecule has 2 aliphatic carbocycles. The van der Waals surface area contributed by atoms with Crippen molar-refractivity contribution in [1.29, 1.82) is 0 Å². The molecule has 0 heterocycles. The van der Waals surface area contributed by atoms with Crippen molar-refractivity contribution in [3.8, 4) is 5.75 Å². The van der Waals surface area contributed by atoms with Gasteiger partial charge in [-0.3, -0.25) is 4.79 Å². The number of amides is 1. The minimum Gasteiger partial charge on any atom is -0.493 e. The van der Waals surface area contributed by atoms with Crippen LogP contribution in [-0.4, -0.2) is 38.1 Å². The van der Waals surface area contributed by atoms with Crippen LogP contribution in [0.2, 0.25) is 0 Å². The normalized spacial score (nSPS) is 16.3. The van der Waals surface area contributed by atoms with Crippen molar-refractivity contribution >= 4 is 35.8 Å². The third-order valence-corrected chi connectivity index (χ3v) is 4.56. The van der Waals surface area contributed by atoms with Gasteiger partial charge in [0, 0.05) is 31.1 Å². The lowest BCUT2D eigenvalue weighted by Crippen LogP contribution is -2.41. The molecule has 0 unspecified atom stereocenters. The molecule has 0 radical (unpaired) electrons. The summed E-state index contributed by atoms with van der Waals surface area (Å²) in [4.78, 5) is 16.3. The first-order valence-corrected chi connectivity index (χ1v) is 9.77. The monoisotopic (exact) mass is 486 g/mol. The molecule has 1 amide bonds. The Morgan fingerprint density at radius 3 is 2.56 bits per heavy atom. The summed E-state index contributed by atoms with van der Waals surface area (Å²) in [5.41, 5.74) is 1.09. The predicted molar refractivity (Wildman–Crippen MR) is 119 cm³/mol. The molecule has 3 rings (SSSR count). The van der Waals surface area contributed by atoms with E-state index in [2.05, 4.69) is 27.0 Å². The summed E-state index contributed by atoms with van der Waals surface area (Å²) in [7, 11) is 0. The predicted octanol–water partition coefficient (Wildman–Crippen LogP) is 2.67. The quantitative estimate of drug-likeness (QED) is 0.206. The second kappa shape index (κ2) is 11.4. The lowest BCUT2D eigenvalue weighted by molar-refractivity contribution is -0.122. The molecule has 2 saturated carbocycles. The number of benzene rings is 1. The number of halogens is 1. The Bertz CT molecular complexity index is 630. The summed E-state index contributed by atoms with van der Waals surface area (Å²) >= 11 is 0. The van der Waals surface area contributed by atoms with Gasteiger partial charge in [-0.25, -0.2) is 4.99 Å². The van der Waals surface area contributed by atoms with Gasteiger partial charge in [0.25, 0.3) is 0 Å². The van der Waals surface area contributed by atoms with E-state index in [1.165, 1.54) is 12.8 Å². The zero-order valence-corrected chi connectivity index (χ0v) is 18.3. The first kappa shape index (κ1) is 21.8. The van der Waals surface area contributed by atoms with Crippen LogP contribution in [0.1, 0.15) is 38.2 Å². The molecule has 2 fully saturated rings. The van der Waals surface area contributed by atoms with E-state index >= 15 is 0 Å². The van der Waals surface area contributed by atoms with Crippen LogP contribution in [0.4, 0.5) is 0 Å². The highest BCUT2D eigenvalue weighted by molar-refractivity contribution is 14.0. The Balaban J connectivity index is 0.00000261. The molecule has 1 aromatic carbocycles. The largest absolute Gasteiger partial charge is 0.493 e. The fourth-order valence-corrected chi connectivity index (χ4v) is 2.63. The topological polar surface area (TPSA) is 74.8 Å². The number of carbonyl (C=O) groups is 1. The Morgan fingerprint density at radius 2 is 1.85 bits per heavy atom. The fraction of sp³-hybridized carbons (Fsp3) is 0.600. The van der Waals surface area contributed by atoms with Gasteiger partial charge in [0.2, 0.25) is 5.91 Å². The van der Waals surface area contributed by atoms with Crippen molar-refractivity contribution in [1.82, 2.24) is 16.0 Å². The van der Waals surface area contributed by atoms with E-state index in [0.29, 0.717) is 19.6 Å². The zero-order valence-electron chi connectivity index (χ0n) is 16.0. The molecule has 6 nitrogen and oxygen atoms in total. The van der Waals surface area contributed by atoms with E-state index < -0.39 is 0 Å². The fourth-order valence-electron chi connectivity index (χ4n) is 2.63. The number of nitrogens with one attached hydrogen (secondary N) is 3. The highest BCUT2D eigenvalue weighted by atomic mass is 127. The van der Waals surface area contributed by atoms with Crippen LogP contribution in [0.15, 0.2) is 29.3 Å². The molecule has 0 saturated heterocycles. The van der Waals surface area contributed by atoms with Crippen LogP contribution >= 0.6 is 24.0 Å². The van der Waals surface area contributed by atoms with E-state index in [9.17, 15) is 4.79 Å². The first-order chi connectivity index (χ1) is 12.8. The molecule has 2 aliphatic rings. The molecule has 3 N–H and O–H groups in total. The Hall–Kier alpha value is -1.51. The summed E-state index contributed by atoms with van der Waals surface area (Å²) in [6.45, 7) is 5.47. The Morgan fingerprint density at radius 1 is 1.11 bits per heavy atom. The maximum Gasteiger partial charge on any atom is 0.223 e. The third-order valence-electron chi connectivity index (χ3n) is 4.56. The van der Waals surface area contributed by atoms with Gasteiger partial charge < -0.3 is 20.7 Å². The summed E-state index contributed by atoms with van der Waals surface area (Å²) < 4.78 is 5.95. The highest BCUT2D eigenvalue weighted by Gasteiger charge is 2.29. The van der Waals surface area contributed by atoms with Gasteiger partial charge >= 0.3 is 0 Å². The molecule has 0 aliphatic heterocycles. The maximum absolute atomic E-state index is 11.6. The number of nitrogens with zero attached hydrogens (tertiary/aromatic N) is 1. The summed E-state index contributed by atoms with van der Waals surface area (Å²) in [5.74, 6) is 2.84. The number of carbonyl (C=O) groups excluding carboxylic acids is 1. The number of aliphatic imine (C=N–C) groups is 1. The molecule has 0 atom stereocenters. The lowest BCUT2D eigenvalue weighted by Gasteiger charge is -2.13. The SMILES string of the molecule is CCNC(=NCc1ccccc1OCC1CC1)NCCNC(=O)C1CC1.I. The average molecular weight is 486 g/mol.